The van der Waals surface area contributed by atoms with E-state index in [9.17, 15) is 14.4 Å². The summed E-state index contributed by atoms with van der Waals surface area (Å²) >= 11 is 0. The molecule has 1 aromatic heterocycles. The standard InChI is InChI=1S/C34H31N3O4/c1-41-34(40)24-11-7-10-23(18-24)26-14-13-25(20-36-32(38)29-19-28(29)22-8-3-2-4-9-22)30-21-37(17-15-27(26)30)33(39)31-12-5-6-16-35-31/h2-14,16,18,28-29H,15,17,19-21H2,1H3,(H,36,38)/t28-,29+/m1/s1. The van der Waals surface area contributed by atoms with E-state index in [4.69, 9.17) is 4.74 Å². The van der Waals surface area contributed by atoms with E-state index in [1.807, 2.05) is 53.4 Å². The lowest BCUT2D eigenvalue weighted by atomic mass is 9.87. The van der Waals surface area contributed by atoms with Crippen LogP contribution < -0.4 is 5.32 Å². The monoisotopic (exact) mass is 545 g/mol. The van der Waals surface area contributed by atoms with Crippen molar-refractivity contribution in [3.8, 4) is 11.1 Å². The molecule has 1 fully saturated rings. The zero-order valence-corrected chi connectivity index (χ0v) is 22.9. The molecule has 7 heteroatoms. The first-order chi connectivity index (χ1) is 20.0. The van der Waals surface area contributed by atoms with Crippen LogP contribution in [0.15, 0.2) is 91.1 Å². The van der Waals surface area contributed by atoms with E-state index < -0.39 is 0 Å². The average molecular weight is 546 g/mol. The molecule has 2 atom stereocenters. The Morgan fingerprint density at radius 2 is 1.78 bits per heavy atom. The highest BCUT2D eigenvalue weighted by molar-refractivity contribution is 5.93. The summed E-state index contributed by atoms with van der Waals surface area (Å²) < 4.78 is 4.93. The molecule has 2 aliphatic rings. The Labute approximate surface area is 239 Å². The maximum absolute atomic E-state index is 13.3. The summed E-state index contributed by atoms with van der Waals surface area (Å²) in [6.07, 6.45) is 3.13. The number of carbonyl (C=O) groups is 3. The Kier molecular flexibility index (Phi) is 7.33. The Balaban J connectivity index is 1.28. The summed E-state index contributed by atoms with van der Waals surface area (Å²) in [7, 11) is 1.37. The third kappa shape index (κ3) is 5.48. The summed E-state index contributed by atoms with van der Waals surface area (Å²) in [5.41, 5.74) is 7.15. The number of nitrogens with one attached hydrogen (secondary N) is 1. The number of pyridine rings is 1. The van der Waals surface area contributed by atoms with E-state index in [1.54, 1.807) is 24.4 Å². The predicted molar refractivity (Wildman–Crippen MR) is 155 cm³/mol. The molecule has 2 heterocycles. The molecular formula is C34H31N3O4. The topological polar surface area (TPSA) is 88.6 Å². The maximum atomic E-state index is 13.3. The van der Waals surface area contributed by atoms with Crippen molar-refractivity contribution in [1.82, 2.24) is 15.2 Å². The van der Waals surface area contributed by atoms with E-state index in [0.29, 0.717) is 37.3 Å². The molecule has 0 unspecified atom stereocenters. The summed E-state index contributed by atoms with van der Waals surface area (Å²) in [5, 5.41) is 3.16. The lowest BCUT2D eigenvalue weighted by molar-refractivity contribution is -0.122. The van der Waals surface area contributed by atoms with Gasteiger partial charge in [0, 0.05) is 31.7 Å². The van der Waals surface area contributed by atoms with Crippen molar-refractivity contribution in [3.63, 3.8) is 0 Å². The van der Waals surface area contributed by atoms with Gasteiger partial charge in [-0.3, -0.25) is 14.6 Å². The lowest BCUT2D eigenvalue weighted by Gasteiger charge is -2.32. The molecule has 41 heavy (non-hydrogen) atoms. The van der Waals surface area contributed by atoms with Gasteiger partial charge in [-0.1, -0.05) is 60.7 Å². The molecule has 0 radical (unpaired) electrons. The second-order valence-electron chi connectivity index (χ2n) is 10.6. The van der Waals surface area contributed by atoms with Crippen LogP contribution in [0.4, 0.5) is 0 Å². The van der Waals surface area contributed by atoms with Gasteiger partial charge in [-0.15, -0.1) is 0 Å². The molecule has 0 bridgehead atoms. The van der Waals surface area contributed by atoms with E-state index >= 15 is 0 Å². The minimum atomic E-state index is -0.388. The molecule has 1 N–H and O–H groups in total. The van der Waals surface area contributed by atoms with Gasteiger partial charge in [0.15, 0.2) is 0 Å². The summed E-state index contributed by atoms with van der Waals surface area (Å²) in [6.45, 7) is 1.34. The SMILES string of the molecule is COC(=O)c1cccc(-c2ccc(CNC(=O)[C@H]3C[C@@H]3c3ccccc3)c3c2CCN(C(=O)c2ccccn2)C3)c1. The molecule has 1 aliphatic heterocycles. The van der Waals surface area contributed by atoms with Crippen LogP contribution in [0.5, 0.6) is 0 Å². The first-order valence-corrected chi connectivity index (χ1v) is 13.9. The fourth-order valence-corrected chi connectivity index (χ4v) is 5.80. The van der Waals surface area contributed by atoms with E-state index in [-0.39, 0.29) is 29.6 Å². The zero-order valence-electron chi connectivity index (χ0n) is 22.9. The molecule has 1 aliphatic carbocycles. The smallest absolute Gasteiger partial charge is 0.337 e. The summed E-state index contributed by atoms with van der Waals surface area (Å²) in [6, 6.07) is 27.0. The van der Waals surface area contributed by atoms with Crippen LogP contribution in [0.25, 0.3) is 11.1 Å². The predicted octanol–water partition coefficient (Wildman–Crippen LogP) is 5.15. The number of fused-ring (bicyclic) bond motifs is 1. The number of carbonyl (C=O) groups excluding carboxylic acids is 3. The second-order valence-corrected chi connectivity index (χ2v) is 10.6. The number of benzene rings is 3. The minimum absolute atomic E-state index is 0.0178. The molecule has 7 nitrogen and oxygen atoms in total. The Morgan fingerprint density at radius 1 is 0.951 bits per heavy atom. The first kappa shape index (κ1) is 26.4. The van der Waals surface area contributed by atoms with Crippen LogP contribution in [0.1, 0.15) is 55.4 Å². The van der Waals surface area contributed by atoms with Crippen LogP contribution in [0.3, 0.4) is 0 Å². The largest absolute Gasteiger partial charge is 0.465 e. The van der Waals surface area contributed by atoms with Crippen molar-refractivity contribution in [1.29, 1.82) is 0 Å². The van der Waals surface area contributed by atoms with Crippen LogP contribution in [0, 0.1) is 5.92 Å². The van der Waals surface area contributed by atoms with Crippen LogP contribution in [-0.4, -0.2) is 41.3 Å². The van der Waals surface area contributed by atoms with E-state index in [2.05, 4.69) is 28.5 Å². The van der Waals surface area contributed by atoms with Crippen molar-refractivity contribution < 1.29 is 19.1 Å². The molecular weight excluding hydrogens is 514 g/mol. The Hall–Kier alpha value is -4.78. The maximum Gasteiger partial charge on any atom is 0.337 e. The molecule has 3 aromatic carbocycles. The van der Waals surface area contributed by atoms with Crippen molar-refractivity contribution in [2.45, 2.75) is 31.8 Å². The van der Waals surface area contributed by atoms with E-state index in [1.165, 1.54) is 12.7 Å². The van der Waals surface area contributed by atoms with Crippen LogP contribution >= 0.6 is 0 Å². The molecule has 206 valence electrons. The number of rotatable bonds is 7. The van der Waals surface area contributed by atoms with Crippen molar-refractivity contribution >= 4 is 17.8 Å². The number of ether oxygens (including phenoxy) is 1. The number of nitrogens with zero attached hydrogens (tertiary/aromatic N) is 2. The van der Waals surface area contributed by atoms with Gasteiger partial charge < -0.3 is 15.0 Å². The number of hydrogen-bond donors (Lipinski definition) is 1. The average Bonchev–Trinajstić information content (AvgIpc) is 3.85. The lowest BCUT2D eigenvalue weighted by Crippen LogP contribution is -2.37. The Morgan fingerprint density at radius 3 is 2.56 bits per heavy atom. The normalized spacial score (nSPS) is 17.3. The third-order valence-electron chi connectivity index (χ3n) is 8.08. The van der Waals surface area contributed by atoms with Gasteiger partial charge >= 0.3 is 5.97 Å². The molecule has 2 amide bonds. The molecule has 4 aromatic rings. The van der Waals surface area contributed by atoms with Gasteiger partial charge in [0.2, 0.25) is 5.91 Å². The number of amides is 2. The van der Waals surface area contributed by atoms with Crippen LogP contribution in [-0.2, 0) is 29.0 Å². The second kappa shape index (κ2) is 11.4. The fraction of sp³-hybridized carbons (Fsp3) is 0.235. The van der Waals surface area contributed by atoms with Crippen molar-refractivity contribution in [2.24, 2.45) is 5.92 Å². The molecule has 0 saturated heterocycles. The van der Waals surface area contributed by atoms with Gasteiger partial charge in [-0.25, -0.2) is 4.79 Å². The van der Waals surface area contributed by atoms with E-state index in [0.717, 1.165) is 34.2 Å². The first-order valence-electron chi connectivity index (χ1n) is 13.9. The highest BCUT2D eigenvalue weighted by atomic mass is 16.5. The van der Waals surface area contributed by atoms with Gasteiger partial charge in [0.05, 0.1) is 12.7 Å². The summed E-state index contributed by atoms with van der Waals surface area (Å²) in [5.74, 6) is -0.203. The number of esters is 1. The number of hydrogen-bond acceptors (Lipinski definition) is 5. The van der Waals surface area contributed by atoms with Crippen molar-refractivity contribution in [2.75, 3.05) is 13.7 Å². The third-order valence-corrected chi connectivity index (χ3v) is 8.08. The quantitative estimate of drug-likeness (QED) is 0.325. The van der Waals surface area contributed by atoms with Crippen LogP contribution in [0.2, 0.25) is 0 Å². The highest BCUT2D eigenvalue weighted by Crippen LogP contribution is 2.47. The van der Waals surface area contributed by atoms with Gasteiger partial charge in [0.1, 0.15) is 5.69 Å². The minimum Gasteiger partial charge on any atom is -0.465 e. The zero-order chi connectivity index (χ0) is 28.3. The molecule has 1 saturated carbocycles. The molecule has 0 spiro atoms. The van der Waals surface area contributed by atoms with Gasteiger partial charge in [-0.2, -0.15) is 0 Å². The Bertz CT molecular complexity index is 1600. The fourth-order valence-electron chi connectivity index (χ4n) is 5.80. The molecule has 6 rings (SSSR count). The summed E-state index contributed by atoms with van der Waals surface area (Å²) in [4.78, 5) is 44.7. The van der Waals surface area contributed by atoms with Crippen molar-refractivity contribution in [3.05, 3.63) is 125 Å². The number of methoxy groups -OCH3 is 1. The number of aromatic nitrogens is 1. The van der Waals surface area contributed by atoms with Gasteiger partial charge in [-0.05, 0) is 76.4 Å². The van der Waals surface area contributed by atoms with Gasteiger partial charge in [0.25, 0.3) is 5.91 Å². The highest BCUT2D eigenvalue weighted by Gasteiger charge is 2.43.